The largest absolute Gasteiger partial charge is 0.246 e. The van der Waals surface area contributed by atoms with Crippen molar-refractivity contribution in [2.75, 3.05) is 11.9 Å². The van der Waals surface area contributed by atoms with Crippen LogP contribution < -0.4 is 0 Å². The Labute approximate surface area is 115 Å². The van der Waals surface area contributed by atoms with E-state index in [2.05, 4.69) is 15.9 Å². The van der Waals surface area contributed by atoms with E-state index < -0.39 is 15.8 Å². The molecule has 1 heterocycles. The van der Waals surface area contributed by atoms with E-state index in [1.54, 1.807) is 6.07 Å². The van der Waals surface area contributed by atoms with Gasteiger partial charge in [0.1, 0.15) is 10.7 Å². The molecule has 0 amide bonds. The van der Waals surface area contributed by atoms with E-state index in [0.29, 0.717) is 11.9 Å². The van der Waals surface area contributed by atoms with Gasteiger partial charge in [-0.05, 0) is 25.0 Å². The molecule has 1 aliphatic heterocycles. The zero-order valence-electron chi connectivity index (χ0n) is 9.85. The summed E-state index contributed by atoms with van der Waals surface area (Å²) in [7, 11) is -3.73. The van der Waals surface area contributed by atoms with E-state index >= 15 is 0 Å². The van der Waals surface area contributed by atoms with Gasteiger partial charge in [0.05, 0.1) is 0 Å². The van der Waals surface area contributed by atoms with Crippen molar-refractivity contribution in [3.63, 3.8) is 0 Å². The maximum absolute atomic E-state index is 13.7. The lowest BCUT2D eigenvalue weighted by molar-refractivity contribution is 0.272. The molecule has 18 heavy (non-hydrogen) atoms. The molecule has 1 saturated heterocycles. The van der Waals surface area contributed by atoms with Gasteiger partial charge in [0, 0.05) is 17.9 Å². The summed E-state index contributed by atoms with van der Waals surface area (Å²) in [6, 6.07) is 5.46. The molecule has 2 rings (SSSR count). The maximum Gasteiger partial charge on any atom is 0.246 e. The van der Waals surface area contributed by atoms with Crippen molar-refractivity contribution in [1.29, 1.82) is 0 Å². The highest BCUT2D eigenvalue weighted by Crippen LogP contribution is 2.27. The third-order valence-electron chi connectivity index (χ3n) is 3.17. The van der Waals surface area contributed by atoms with E-state index in [1.165, 1.54) is 22.5 Å². The lowest BCUT2D eigenvalue weighted by atomic mass is 10.1. The fourth-order valence-electron chi connectivity index (χ4n) is 2.22. The zero-order chi connectivity index (χ0) is 13.2. The Bertz CT molecular complexity index is 521. The second-order valence-corrected chi connectivity index (χ2v) is 6.86. The van der Waals surface area contributed by atoms with Crippen LogP contribution >= 0.6 is 15.9 Å². The first-order valence-corrected chi connectivity index (χ1v) is 8.46. The quantitative estimate of drug-likeness (QED) is 0.796. The molecule has 100 valence electrons. The number of alkyl halides is 1. The first-order valence-electron chi connectivity index (χ1n) is 5.89. The Morgan fingerprint density at radius 1 is 1.33 bits per heavy atom. The molecule has 3 nitrogen and oxygen atoms in total. The summed E-state index contributed by atoms with van der Waals surface area (Å²) < 4.78 is 40.0. The van der Waals surface area contributed by atoms with E-state index in [-0.39, 0.29) is 10.9 Å². The molecule has 6 heteroatoms. The monoisotopic (exact) mass is 335 g/mol. The van der Waals surface area contributed by atoms with Crippen molar-refractivity contribution in [3.8, 4) is 0 Å². The van der Waals surface area contributed by atoms with Crippen LogP contribution in [0.5, 0.6) is 0 Å². The summed E-state index contributed by atoms with van der Waals surface area (Å²) in [6.07, 6.45) is 2.66. The van der Waals surface area contributed by atoms with Crippen LogP contribution in [0, 0.1) is 5.82 Å². The number of piperidine rings is 1. The van der Waals surface area contributed by atoms with E-state index in [4.69, 9.17) is 0 Å². The number of sulfonamides is 1. The van der Waals surface area contributed by atoms with Crippen molar-refractivity contribution in [1.82, 2.24) is 4.31 Å². The van der Waals surface area contributed by atoms with Crippen molar-refractivity contribution >= 4 is 26.0 Å². The molecular formula is C12H15BrFNO2S. The van der Waals surface area contributed by atoms with Gasteiger partial charge in [-0.25, -0.2) is 12.8 Å². The van der Waals surface area contributed by atoms with Crippen LogP contribution in [0.3, 0.4) is 0 Å². The van der Waals surface area contributed by atoms with Gasteiger partial charge in [0.25, 0.3) is 0 Å². The van der Waals surface area contributed by atoms with Crippen LogP contribution in [0.25, 0.3) is 0 Å². The third kappa shape index (κ3) is 2.60. The highest BCUT2D eigenvalue weighted by atomic mass is 79.9. The first kappa shape index (κ1) is 14.0. The van der Waals surface area contributed by atoms with Crippen molar-refractivity contribution in [3.05, 3.63) is 30.1 Å². The highest BCUT2D eigenvalue weighted by Gasteiger charge is 2.34. The van der Waals surface area contributed by atoms with E-state index in [9.17, 15) is 12.8 Å². The summed E-state index contributed by atoms with van der Waals surface area (Å²) in [5.74, 6) is -0.684. The van der Waals surface area contributed by atoms with Gasteiger partial charge in [0.15, 0.2) is 0 Å². The average Bonchev–Trinajstić information content (AvgIpc) is 2.39. The normalized spacial score (nSPS) is 22.0. The number of hydrogen-bond acceptors (Lipinski definition) is 2. The Balaban J connectivity index is 2.39. The van der Waals surface area contributed by atoms with Gasteiger partial charge in [-0.2, -0.15) is 4.31 Å². The van der Waals surface area contributed by atoms with Crippen LogP contribution in [0.2, 0.25) is 0 Å². The Morgan fingerprint density at radius 2 is 2.06 bits per heavy atom. The number of benzene rings is 1. The minimum absolute atomic E-state index is 0.0802. The second kappa shape index (κ2) is 5.67. The molecule has 0 spiro atoms. The van der Waals surface area contributed by atoms with Crippen molar-refractivity contribution in [2.45, 2.75) is 30.2 Å². The number of hydrogen-bond donors (Lipinski definition) is 0. The van der Waals surface area contributed by atoms with Gasteiger partial charge < -0.3 is 0 Å². The van der Waals surface area contributed by atoms with Crippen LogP contribution in [0.4, 0.5) is 4.39 Å². The molecule has 0 bridgehead atoms. The van der Waals surface area contributed by atoms with Gasteiger partial charge in [0.2, 0.25) is 10.0 Å². The van der Waals surface area contributed by atoms with Crippen molar-refractivity contribution in [2.24, 2.45) is 0 Å². The molecule has 1 fully saturated rings. The van der Waals surface area contributed by atoms with Crippen LogP contribution in [0.15, 0.2) is 29.2 Å². The molecule has 0 radical (unpaired) electrons. The Hall–Kier alpha value is -0.460. The third-order valence-corrected chi connectivity index (χ3v) is 5.91. The first-order chi connectivity index (χ1) is 8.57. The molecule has 0 aliphatic carbocycles. The lowest BCUT2D eigenvalue weighted by Gasteiger charge is -2.33. The molecule has 1 aliphatic rings. The Morgan fingerprint density at radius 3 is 2.72 bits per heavy atom. The van der Waals surface area contributed by atoms with Crippen molar-refractivity contribution < 1.29 is 12.8 Å². The summed E-state index contributed by atoms with van der Waals surface area (Å²) in [5, 5.41) is 0.584. The van der Waals surface area contributed by atoms with Gasteiger partial charge in [-0.1, -0.05) is 34.5 Å². The van der Waals surface area contributed by atoms with Crippen LogP contribution in [0.1, 0.15) is 19.3 Å². The number of rotatable bonds is 3. The Kier molecular flexibility index (Phi) is 4.40. The topological polar surface area (TPSA) is 37.4 Å². The fourth-order valence-corrected chi connectivity index (χ4v) is 4.85. The minimum atomic E-state index is -3.73. The summed E-state index contributed by atoms with van der Waals surface area (Å²) in [5.41, 5.74) is 0. The maximum atomic E-state index is 13.7. The van der Waals surface area contributed by atoms with Gasteiger partial charge >= 0.3 is 0 Å². The number of halogens is 2. The van der Waals surface area contributed by atoms with Gasteiger partial charge in [-0.15, -0.1) is 0 Å². The number of nitrogens with zero attached hydrogens (tertiary/aromatic N) is 1. The van der Waals surface area contributed by atoms with Crippen LogP contribution in [-0.4, -0.2) is 30.6 Å². The zero-order valence-corrected chi connectivity index (χ0v) is 12.3. The summed E-state index contributed by atoms with van der Waals surface area (Å²) in [6.45, 7) is 0.465. The molecule has 0 saturated carbocycles. The smallest absolute Gasteiger partial charge is 0.207 e. The average molecular weight is 336 g/mol. The predicted octanol–water partition coefficient (Wildman–Crippen LogP) is 2.76. The molecular weight excluding hydrogens is 321 g/mol. The molecule has 1 unspecified atom stereocenters. The second-order valence-electron chi connectivity index (χ2n) is 4.35. The molecule has 0 N–H and O–H groups in total. The standard InChI is InChI=1S/C12H15BrFNO2S/c13-9-10-5-3-4-8-15(10)18(16,17)12-7-2-1-6-11(12)14/h1-2,6-7,10H,3-5,8-9H2. The minimum Gasteiger partial charge on any atom is -0.207 e. The highest BCUT2D eigenvalue weighted by molar-refractivity contribution is 9.09. The summed E-state index contributed by atoms with van der Waals surface area (Å²) >= 11 is 3.34. The molecule has 1 aromatic rings. The SMILES string of the molecule is O=S(=O)(c1ccccc1F)N1CCCCC1CBr. The lowest BCUT2D eigenvalue weighted by Crippen LogP contribution is -2.44. The van der Waals surface area contributed by atoms with E-state index in [0.717, 1.165) is 19.3 Å². The molecule has 1 aromatic carbocycles. The fraction of sp³-hybridized carbons (Fsp3) is 0.500. The van der Waals surface area contributed by atoms with E-state index in [1.807, 2.05) is 0 Å². The molecule has 0 aromatic heterocycles. The summed E-state index contributed by atoms with van der Waals surface area (Å²) in [4.78, 5) is -0.224. The van der Waals surface area contributed by atoms with Crippen LogP contribution in [-0.2, 0) is 10.0 Å². The molecule has 1 atom stereocenters. The van der Waals surface area contributed by atoms with Gasteiger partial charge in [-0.3, -0.25) is 0 Å². The predicted molar refractivity (Wildman–Crippen MR) is 71.7 cm³/mol.